The molecule has 0 amide bonds. The standard InChI is InChI=1S/C10H21NO3/c1-4-6-13-10(14-7-5-2)8-9(3)11-12/h10,12H,4-8H2,1-3H3. The molecule has 0 aromatic rings. The Morgan fingerprint density at radius 3 is 2.07 bits per heavy atom. The van der Waals surface area contributed by atoms with Crippen molar-refractivity contribution in [3.63, 3.8) is 0 Å². The third kappa shape index (κ3) is 6.86. The minimum atomic E-state index is -0.272. The van der Waals surface area contributed by atoms with E-state index in [-0.39, 0.29) is 6.29 Å². The molecule has 0 saturated carbocycles. The van der Waals surface area contributed by atoms with Crippen molar-refractivity contribution in [2.45, 2.75) is 46.3 Å². The molecule has 4 heteroatoms. The van der Waals surface area contributed by atoms with Gasteiger partial charge in [0.1, 0.15) is 0 Å². The second kappa shape index (κ2) is 8.97. The zero-order chi connectivity index (χ0) is 10.8. The molecule has 0 unspecified atom stereocenters. The highest BCUT2D eigenvalue weighted by Gasteiger charge is 2.10. The number of hydrogen-bond donors (Lipinski definition) is 1. The van der Waals surface area contributed by atoms with Gasteiger partial charge in [0.25, 0.3) is 0 Å². The fourth-order valence-electron chi connectivity index (χ4n) is 0.947. The number of hydrogen-bond acceptors (Lipinski definition) is 4. The van der Waals surface area contributed by atoms with Crippen LogP contribution in [0.3, 0.4) is 0 Å². The molecule has 0 bridgehead atoms. The summed E-state index contributed by atoms with van der Waals surface area (Å²) >= 11 is 0. The van der Waals surface area contributed by atoms with Crippen LogP contribution in [0.2, 0.25) is 0 Å². The van der Waals surface area contributed by atoms with Gasteiger partial charge in [-0.25, -0.2) is 0 Å². The van der Waals surface area contributed by atoms with Gasteiger partial charge >= 0.3 is 0 Å². The van der Waals surface area contributed by atoms with Crippen molar-refractivity contribution < 1.29 is 14.7 Å². The number of oxime groups is 1. The molecule has 4 nitrogen and oxygen atoms in total. The van der Waals surface area contributed by atoms with Crippen LogP contribution in [0.5, 0.6) is 0 Å². The van der Waals surface area contributed by atoms with Crippen molar-refractivity contribution >= 4 is 5.71 Å². The fourth-order valence-corrected chi connectivity index (χ4v) is 0.947. The highest BCUT2D eigenvalue weighted by atomic mass is 16.7. The molecule has 0 aliphatic rings. The summed E-state index contributed by atoms with van der Waals surface area (Å²) in [6.07, 6.45) is 2.17. The van der Waals surface area contributed by atoms with E-state index in [9.17, 15) is 0 Å². The van der Waals surface area contributed by atoms with Gasteiger partial charge in [-0.3, -0.25) is 0 Å². The molecule has 0 rings (SSSR count). The van der Waals surface area contributed by atoms with Gasteiger partial charge in [-0.1, -0.05) is 19.0 Å². The van der Waals surface area contributed by atoms with Crippen LogP contribution < -0.4 is 0 Å². The van der Waals surface area contributed by atoms with Gasteiger partial charge in [0.2, 0.25) is 0 Å². The van der Waals surface area contributed by atoms with E-state index in [4.69, 9.17) is 14.7 Å². The lowest BCUT2D eigenvalue weighted by Crippen LogP contribution is -2.21. The van der Waals surface area contributed by atoms with Gasteiger partial charge in [-0.15, -0.1) is 0 Å². The predicted molar refractivity (Wildman–Crippen MR) is 55.8 cm³/mol. The molecular weight excluding hydrogens is 182 g/mol. The lowest BCUT2D eigenvalue weighted by molar-refractivity contribution is -0.137. The molecule has 0 atom stereocenters. The normalized spacial score (nSPS) is 12.4. The molecule has 1 N–H and O–H groups in total. The highest BCUT2D eigenvalue weighted by molar-refractivity contribution is 5.81. The first kappa shape index (κ1) is 13.4. The first-order valence-electron chi connectivity index (χ1n) is 5.15. The average Bonchev–Trinajstić information content (AvgIpc) is 2.21. The Bertz CT molecular complexity index is 151. The van der Waals surface area contributed by atoms with Crippen molar-refractivity contribution in [2.24, 2.45) is 5.16 Å². The molecule has 0 aromatic carbocycles. The van der Waals surface area contributed by atoms with E-state index in [2.05, 4.69) is 5.16 Å². The van der Waals surface area contributed by atoms with Crippen molar-refractivity contribution in [2.75, 3.05) is 13.2 Å². The van der Waals surface area contributed by atoms with Crippen LogP contribution in [-0.2, 0) is 9.47 Å². The highest BCUT2D eigenvalue weighted by Crippen LogP contribution is 2.04. The Morgan fingerprint density at radius 1 is 1.21 bits per heavy atom. The summed E-state index contributed by atoms with van der Waals surface area (Å²) < 4.78 is 10.9. The molecule has 14 heavy (non-hydrogen) atoms. The quantitative estimate of drug-likeness (QED) is 0.285. The van der Waals surface area contributed by atoms with E-state index in [1.165, 1.54) is 0 Å². The monoisotopic (exact) mass is 203 g/mol. The number of rotatable bonds is 8. The van der Waals surface area contributed by atoms with E-state index < -0.39 is 0 Å². The Morgan fingerprint density at radius 2 is 1.71 bits per heavy atom. The van der Waals surface area contributed by atoms with E-state index in [1.54, 1.807) is 6.92 Å². The molecule has 0 fully saturated rings. The zero-order valence-corrected chi connectivity index (χ0v) is 9.32. The Kier molecular flexibility index (Phi) is 8.57. The van der Waals surface area contributed by atoms with Crippen LogP contribution >= 0.6 is 0 Å². The zero-order valence-electron chi connectivity index (χ0n) is 9.32. The SMILES string of the molecule is CCCOC(CC(C)=NO)OCCC. The lowest BCUT2D eigenvalue weighted by Gasteiger charge is -2.17. The van der Waals surface area contributed by atoms with Gasteiger partial charge in [0, 0.05) is 19.6 Å². The minimum Gasteiger partial charge on any atom is -0.411 e. The van der Waals surface area contributed by atoms with Gasteiger partial charge in [0.05, 0.1) is 5.71 Å². The summed E-state index contributed by atoms with van der Waals surface area (Å²) in [4.78, 5) is 0. The Hall–Kier alpha value is -0.610. The van der Waals surface area contributed by atoms with Crippen molar-refractivity contribution in [1.29, 1.82) is 0 Å². The molecule has 0 spiro atoms. The van der Waals surface area contributed by atoms with E-state index >= 15 is 0 Å². The molecule has 84 valence electrons. The molecule has 0 saturated heterocycles. The third-order valence-electron chi connectivity index (χ3n) is 1.65. The second-order valence-electron chi connectivity index (χ2n) is 3.21. The van der Waals surface area contributed by atoms with Gasteiger partial charge < -0.3 is 14.7 Å². The van der Waals surface area contributed by atoms with Crippen LogP contribution in [0.4, 0.5) is 0 Å². The summed E-state index contributed by atoms with van der Waals surface area (Å²) in [5.74, 6) is 0. The summed E-state index contributed by atoms with van der Waals surface area (Å²) in [5.41, 5.74) is 0.627. The maximum Gasteiger partial charge on any atom is 0.162 e. The number of nitrogens with zero attached hydrogens (tertiary/aromatic N) is 1. The second-order valence-corrected chi connectivity index (χ2v) is 3.21. The van der Waals surface area contributed by atoms with Gasteiger partial charge in [-0.05, 0) is 19.8 Å². The smallest absolute Gasteiger partial charge is 0.162 e. The average molecular weight is 203 g/mol. The van der Waals surface area contributed by atoms with Crippen LogP contribution in [0.15, 0.2) is 5.16 Å². The summed E-state index contributed by atoms with van der Waals surface area (Å²) in [6, 6.07) is 0. The third-order valence-corrected chi connectivity index (χ3v) is 1.65. The molecule has 0 radical (unpaired) electrons. The fraction of sp³-hybridized carbons (Fsp3) is 0.900. The molecular formula is C10H21NO3. The van der Waals surface area contributed by atoms with Crippen LogP contribution in [0, 0.1) is 0 Å². The summed E-state index contributed by atoms with van der Waals surface area (Å²) in [6.45, 7) is 7.19. The van der Waals surface area contributed by atoms with E-state index in [0.29, 0.717) is 25.3 Å². The van der Waals surface area contributed by atoms with Crippen LogP contribution in [0.25, 0.3) is 0 Å². The first-order chi connectivity index (χ1) is 6.74. The van der Waals surface area contributed by atoms with Crippen molar-refractivity contribution in [3.8, 4) is 0 Å². The molecule has 0 heterocycles. The Labute approximate surface area is 85.9 Å². The van der Waals surface area contributed by atoms with Crippen LogP contribution in [-0.4, -0.2) is 30.4 Å². The van der Waals surface area contributed by atoms with Gasteiger partial charge in [-0.2, -0.15) is 0 Å². The predicted octanol–water partition coefficient (Wildman–Crippen LogP) is 2.41. The van der Waals surface area contributed by atoms with Gasteiger partial charge in [0.15, 0.2) is 6.29 Å². The first-order valence-corrected chi connectivity index (χ1v) is 5.15. The largest absolute Gasteiger partial charge is 0.411 e. The van der Waals surface area contributed by atoms with E-state index in [0.717, 1.165) is 12.8 Å². The maximum absolute atomic E-state index is 8.51. The molecule has 0 aliphatic heterocycles. The minimum absolute atomic E-state index is 0.272. The van der Waals surface area contributed by atoms with Crippen molar-refractivity contribution in [3.05, 3.63) is 0 Å². The molecule has 0 aliphatic carbocycles. The summed E-state index contributed by atoms with van der Waals surface area (Å²) in [7, 11) is 0. The van der Waals surface area contributed by atoms with Crippen LogP contribution in [0.1, 0.15) is 40.0 Å². The maximum atomic E-state index is 8.51. The number of ether oxygens (including phenoxy) is 2. The Balaban J connectivity index is 3.83. The van der Waals surface area contributed by atoms with E-state index in [1.807, 2.05) is 13.8 Å². The topological polar surface area (TPSA) is 51.0 Å². The lowest BCUT2D eigenvalue weighted by atomic mass is 10.3. The summed E-state index contributed by atoms with van der Waals surface area (Å²) in [5, 5.41) is 11.6. The molecule has 0 aromatic heterocycles. The van der Waals surface area contributed by atoms with Crippen molar-refractivity contribution in [1.82, 2.24) is 0 Å².